The number of esters is 2. The van der Waals surface area contributed by atoms with Gasteiger partial charge < -0.3 is 33.3 Å². The maximum Gasteiger partial charge on any atom is 0.306 e. The van der Waals surface area contributed by atoms with Crippen LogP contribution in [0.2, 0.25) is 0 Å². The second-order valence-corrected chi connectivity index (χ2v) is 15.6. The summed E-state index contributed by atoms with van der Waals surface area (Å²) in [5.74, 6) is -2.35. The first-order chi connectivity index (χ1) is 28.1. The van der Waals surface area contributed by atoms with E-state index in [1.807, 2.05) is 21.1 Å². The summed E-state index contributed by atoms with van der Waals surface area (Å²) in [5.41, 5.74) is 0. The Morgan fingerprint density at radius 1 is 0.534 bits per heavy atom. The first-order valence-corrected chi connectivity index (χ1v) is 22.2. The standard InChI is InChI=1S/C49H81NO8/c1-6-8-10-12-14-16-18-19-20-21-22-23-24-25-26-27-28-29-30-32-34-36-38-40-47(52)58-45(44-57-49(48(53)54)55-42-41-50(3,4)5)43-56-46(51)39-37-35-33-31-17-15-13-11-9-7-2/h8,10-11,13-14,16,19-20,22-23,25-26,28-29,45,49H,6-7,9,12,15,17-18,21,24,27,30-44H2,1-5H3/b10-8-,13-11-,16-14-,20-19-,23-22-,26-25-,29-28-. The van der Waals surface area contributed by atoms with Gasteiger partial charge in [0.25, 0.3) is 0 Å². The lowest BCUT2D eigenvalue weighted by Gasteiger charge is -2.26. The van der Waals surface area contributed by atoms with Crippen molar-refractivity contribution in [3.8, 4) is 0 Å². The molecule has 0 saturated carbocycles. The lowest BCUT2D eigenvalue weighted by atomic mass is 10.1. The molecule has 0 spiro atoms. The van der Waals surface area contributed by atoms with Crippen LogP contribution in [-0.2, 0) is 33.3 Å². The summed E-state index contributed by atoms with van der Waals surface area (Å²) in [6, 6.07) is 0. The molecule has 0 aliphatic heterocycles. The number of hydrogen-bond donors (Lipinski definition) is 0. The molecular weight excluding hydrogens is 731 g/mol. The average Bonchev–Trinajstić information content (AvgIpc) is 3.18. The zero-order valence-electron chi connectivity index (χ0n) is 37.1. The van der Waals surface area contributed by atoms with Gasteiger partial charge in [-0.25, -0.2) is 0 Å². The molecule has 0 bridgehead atoms. The molecule has 0 radical (unpaired) electrons. The van der Waals surface area contributed by atoms with Crippen LogP contribution in [0.5, 0.6) is 0 Å². The second-order valence-electron chi connectivity index (χ2n) is 15.6. The highest BCUT2D eigenvalue weighted by Gasteiger charge is 2.21. The average molecular weight is 812 g/mol. The third-order valence-corrected chi connectivity index (χ3v) is 8.86. The number of aliphatic carboxylic acids is 1. The summed E-state index contributed by atoms with van der Waals surface area (Å²) in [4.78, 5) is 36.9. The number of quaternary nitrogens is 1. The molecule has 0 aromatic carbocycles. The van der Waals surface area contributed by atoms with Gasteiger partial charge in [0, 0.05) is 12.8 Å². The number of unbranched alkanes of at least 4 members (excludes halogenated alkanes) is 10. The van der Waals surface area contributed by atoms with Crippen molar-refractivity contribution < 1.29 is 42.9 Å². The van der Waals surface area contributed by atoms with E-state index in [4.69, 9.17) is 18.9 Å². The molecular formula is C49H81NO8. The SMILES string of the molecule is CC/C=C\C/C=C\C/C=C\C/C=C\C/C=C\C/C=C\CCCCCCC(=O)OC(COC(=O)CCCCCCC/C=C\CCC)COC(OCC[N+](C)(C)C)C(=O)[O-]. The fraction of sp³-hybridized carbons (Fsp3) is 0.653. The molecule has 0 saturated heterocycles. The van der Waals surface area contributed by atoms with Gasteiger partial charge in [0.1, 0.15) is 13.2 Å². The third-order valence-electron chi connectivity index (χ3n) is 8.86. The Bertz CT molecular complexity index is 1220. The van der Waals surface area contributed by atoms with Gasteiger partial charge in [-0.05, 0) is 83.5 Å². The predicted molar refractivity (Wildman–Crippen MR) is 237 cm³/mol. The first kappa shape index (κ1) is 54.5. The van der Waals surface area contributed by atoms with E-state index in [0.717, 1.165) is 109 Å². The predicted octanol–water partition coefficient (Wildman–Crippen LogP) is 10.4. The lowest BCUT2D eigenvalue weighted by Crippen LogP contribution is -2.44. The molecule has 9 heteroatoms. The summed E-state index contributed by atoms with van der Waals surface area (Å²) in [6.07, 6.45) is 47.6. The monoisotopic (exact) mass is 812 g/mol. The number of carboxylic acids is 1. The molecule has 2 atom stereocenters. The van der Waals surface area contributed by atoms with Crippen molar-refractivity contribution in [1.29, 1.82) is 0 Å². The van der Waals surface area contributed by atoms with Gasteiger partial charge in [0.05, 0.1) is 40.3 Å². The number of rotatable bonds is 39. The van der Waals surface area contributed by atoms with E-state index in [9.17, 15) is 19.5 Å². The van der Waals surface area contributed by atoms with Crippen LogP contribution in [0.3, 0.4) is 0 Å². The van der Waals surface area contributed by atoms with Gasteiger partial charge in [0.15, 0.2) is 12.4 Å². The first-order valence-electron chi connectivity index (χ1n) is 22.2. The highest BCUT2D eigenvalue weighted by atomic mass is 16.7. The van der Waals surface area contributed by atoms with Gasteiger partial charge in [-0.3, -0.25) is 9.59 Å². The number of hydrogen-bond acceptors (Lipinski definition) is 8. The largest absolute Gasteiger partial charge is 0.545 e. The number of allylic oxidation sites excluding steroid dienone is 14. The van der Waals surface area contributed by atoms with Crippen LogP contribution >= 0.6 is 0 Å². The fourth-order valence-corrected chi connectivity index (χ4v) is 5.42. The van der Waals surface area contributed by atoms with Gasteiger partial charge >= 0.3 is 11.9 Å². The van der Waals surface area contributed by atoms with E-state index in [1.54, 1.807) is 0 Å². The summed E-state index contributed by atoms with van der Waals surface area (Å²) in [6.45, 7) is 4.49. The van der Waals surface area contributed by atoms with Crippen molar-refractivity contribution >= 4 is 17.9 Å². The van der Waals surface area contributed by atoms with Crippen molar-refractivity contribution in [1.82, 2.24) is 0 Å². The zero-order valence-corrected chi connectivity index (χ0v) is 37.1. The van der Waals surface area contributed by atoms with Gasteiger partial charge in [-0.15, -0.1) is 0 Å². The summed E-state index contributed by atoms with van der Waals surface area (Å²) >= 11 is 0. The van der Waals surface area contributed by atoms with Crippen LogP contribution in [0.1, 0.15) is 149 Å². The Balaban J connectivity index is 4.47. The molecule has 9 nitrogen and oxygen atoms in total. The number of carboxylic acid groups (broad SMARTS) is 1. The van der Waals surface area contributed by atoms with E-state index in [1.165, 1.54) is 6.42 Å². The quantitative estimate of drug-likeness (QED) is 0.0198. The molecule has 0 N–H and O–H groups in total. The van der Waals surface area contributed by atoms with Crippen LogP contribution < -0.4 is 5.11 Å². The van der Waals surface area contributed by atoms with Gasteiger partial charge in [0.2, 0.25) is 0 Å². The molecule has 2 unspecified atom stereocenters. The molecule has 0 aliphatic rings. The highest BCUT2D eigenvalue weighted by Crippen LogP contribution is 2.12. The van der Waals surface area contributed by atoms with Gasteiger partial charge in [-0.1, -0.05) is 137 Å². The maximum atomic E-state index is 12.7. The normalized spacial score (nSPS) is 13.7. The van der Waals surface area contributed by atoms with Crippen LogP contribution in [0, 0.1) is 0 Å². The summed E-state index contributed by atoms with van der Waals surface area (Å²) in [5, 5.41) is 11.7. The van der Waals surface area contributed by atoms with E-state index < -0.39 is 24.3 Å². The van der Waals surface area contributed by atoms with Crippen molar-refractivity contribution in [2.45, 2.75) is 161 Å². The Morgan fingerprint density at radius 3 is 1.48 bits per heavy atom. The molecule has 0 aromatic rings. The van der Waals surface area contributed by atoms with Crippen molar-refractivity contribution in [2.24, 2.45) is 0 Å². The van der Waals surface area contributed by atoms with Crippen LogP contribution in [-0.4, -0.2) is 82.3 Å². The molecule has 58 heavy (non-hydrogen) atoms. The minimum atomic E-state index is -1.63. The number of carbonyl (C=O) groups is 3. The Kier molecular flexibility index (Phi) is 37.8. The van der Waals surface area contributed by atoms with Crippen molar-refractivity contribution in [3.05, 3.63) is 85.1 Å². The number of ether oxygens (including phenoxy) is 4. The lowest BCUT2D eigenvalue weighted by molar-refractivity contribution is -0.870. The second kappa shape index (κ2) is 40.3. The van der Waals surface area contributed by atoms with Gasteiger partial charge in [-0.2, -0.15) is 0 Å². The van der Waals surface area contributed by atoms with E-state index in [2.05, 4.69) is 98.9 Å². The molecule has 330 valence electrons. The topological polar surface area (TPSA) is 111 Å². The molecule has 0 heterocycles. The van der Waals surface area contributed by atoms with E-state index in [-0.39, 0.29) is 38.6 Å². The van der Waals surface area contributed by atoms with Crippen LogP contribution in [0.4, 0.5) is 0 Å². The number of nitrogens with zero attached hydrogens (tertiary/aromatic N) is 1. The Labute approximate surface area is 353 Å². The Morgan fingerprint density at radius 2 is 0.983 bits per heavy atom. The molecule has 0 amide bonds. The molecule has 0 aromatic heterocycles. The van der Waals surface area contributed by atoms with E-state index in [0.29, 0.717) is 17.4 Å². The highest BCUT2D eigenvalue weighted by molar-refractivity contribution is 5.70. The Hall–Kier alpha value is -3.53. The summed E-state index contributed by atoms with van der Waals surface area (Å²) < 4.78 is 22.5. The number of carbonyl (C=O) groups excluding carboxylic acids is 3. The summed E-state index contributed by atoms with van der Waals surface area (Å²) in [7, 11) is 5.88. The smallest absolute Gasteiger partial charge is 0.306 e. The maximum absolute atomic E-state index is 12.7. The fourth-order valence-electron chi connectivity index (χ4n) is 5.42. The molecule has 0 rings (SSSR count). The number of likely N-dealkylation sites (N-methyl/N-ethyl adjacent to an activating group) is 1. The van der Waals surface area contributed by atoms with Crippen LogP contribution in [0.15, 0.2) is 85.1 Å². The van der Waals surface area contributed by atoms with Crippen molar-refractivity contribution in [3.63, 3.8) is 0 Å². The van der Waals surface area contributed by atoms with Crippen molar-refractivity contribution in [2.75, 3.05) is 47.5 Å². The van der Waals surface area contributed by atoms with E-state index >= 15 is 0 Å². The zero-order chi connectivity index (χ0) is 42.8. The third kappa shape index (κ3) is 40.7. The molecule has 0 aliphatic carbocycles. The van der Waals surface area contributed by atoms with Crippen LogP contribution in [0.25, 0.3) is 0 Å². The minimum Gasteiger partial charge on any atom is -0.545 e. The molecule has 0 fully saturated rings. The minimum absolute atomic E-state index is 0.136.